The average Bonchev–Trinajstić information content (AvgIpc) is 3.20. The summed E-state index contributed by atoms with van der Waals surface area (Å²) < 4.78 is 22.1. The van der Waals surface area contributed by atoms with Crippen LogP contribution in [0.5, 0.6) is 11.5 Å². The molecular formula is C20H33N3O4. The van der Waals surface area contributed by atoms with Gasteiger partial charge in [0.05, 0.1) is 33.0 Å². The topological polar surface area (TPSA) is 73.3 Å². The van der Waals surface area contributed by atoms with Crippen LogP contribution in [-0.2, 0) is 9.47 Å². The fourth-order valence-corrected chi connectivity index (χ4v) is 2.66. The van der Waals surface area contributed by atoms with E-state index in [9.17, 15) is 0 Å². The molecule has 1 heterocycles. The lowest BCUT2D eigenvalue weighted by Crippen LogP contribution is -2.44. The third kappa shape index (κ3) is 8.49. The molecule has 1 aromatic carbocycles. The van der Waals surface area contributed by atoms with Crippen molar-refractivity contribution < 1.29 is 18.9 Å². The summed E-state index contributed by atoms with van der Waals surface area (Å²) in [6, 6.07) is 7.80. The highest BCUT2D eigenvalue weighted by Crippen LogP contribution is 2.18. The van der Waals surface area contributed by atoms with Crippen molar-refractivity contribution in [2.45, 2.75) is 38.8 Å². The molecule has 0 saturated carbocycles. The van der Waals surface area contributed by atoms with Crippen molar-refractivity contribution in [3.05, 3.63) is 24.3 Å². The van der Waals surface area contributed by atoms with E-state index in [0.717, 1.165) is 43.5 Å². The molecule has 1 aromatic rings. The summed E-state index contributed by atoms with van der Waals surface area (Å²) in [4.78, 5) is 4.61. The molecule has 1 aliphatic heterocycles. The summed E-state index contributed by atoms with van der Waals surface area (Å²) in [7, 11) is 1.65. The van der Waals surface area contributed by atoms with Crippen molar-refractivity contribution in [1.29, 1.82) is 0 Å². The van der Waals surface area contributed by atoms with Crippen LogP contribution in [0.15, 0.2) is 29.3 Å². The van der Waals surface area contributed by atoms with Crippen molar-refractivity contribution in [3.63, 3.8) is 0 Å². The molecule has 1 aliphatic rings. The maximum absolute atomic E-state index is 5.85. The van der Waals surface area contributed by atoms with E-state index in [0.29, 0.717) is 26.4 Å². The number of nitrogens with one attached hydrogen (secondary N) is 2. The Bertz CT molecular complexity index is 562. The number of hydrogen-bond donors (Lipinski definition) is 2. The van der Waals surface area contributed by atoms with Gasteiger partial charge in [0.2, 0.25) is 0 Å². The van der Waals surface area contributed by atoms with Gasteiger partial charge in [0.25, 0.3) is 0 Å². The summed E-state index contributed by atoms with van der Waals surface area (Å²) in [6.07, 6.45) is 2.04. The lowest BCUT2D eigenvalue weighted by molar-refractivity contribution is 0.0347. The molecule has 7 nitrogen and oxygen atoms in total. The predicted molar refractivity (Wildman–Crippen MR) is 107 cm³/mol. The fraction of sp³-hybridized carbons (Fsp3) is 0.650. The molecule has 0 bridgehead atoms. The van der Waals surface area contributed by atoms with Crippen molar-refractivity contribution in [2.24, 2.45) is 4.99 Å². The van der Waals surface area contributed by atoms with Crippen LogP contribution < -0.4 is 20.1 Å². The van der Waals surface area contributed by atoms with Gasteiger partial charge in [0, 0.05) is 38.2 Å². The Morgan fingerprint density at radius 3 is 2.96 bits per heavy atom. The van der Waals surface area contributed by atoms with Crippen molar-refractivity contribution in [1.82, 2.24) is 10.6 Å². The van der Waals surface area contributed by atoms with E-state index in [1.54, 1.807) is 7.11 Å². The van der Waals surface area contributed by atoms with Crippen LogP contribution in [-0.4, -0.2) is 64.7 Å². The summed E-state index contributed by atoms with van der Waals surface area (Å²) in [5.74, 6) is 2.41. The average molecular weight is 380 g/mol. The second kappa shape index (κ2) is 12.4. The minimum absolute atomic E-state index is 0.177. The summed E-state index contributed by atoms with van der Waals surface area (Å²) >= 11 is 0. The first-order valence-electron chi connectivity index (χ1n) is 9.72. The number of aliphatic imine (C=N–C) groups is 1. The molecule has 152 valence electrons. The molecule has 0 aliphatic carbocycles. The number of ether oxygens (including phenoxy) is 4. The van der Waals surface area contributed by atoms with Gasteiger partial charge in [-0.05, 0) is 32.4 Å². The summed E-state index contributed by atoms with van der Waals surface area (Å²) in [5, 5.41) is 6.65. The highest BCUT2D eigenvalue weighted by molar-refractivity contribution is 5.80. The number of hydrogen-bond acceptors (Lipinski definition) is 5. The Labute approximate surface area is 162 Å². The van der Waals surface area contributed by atoms with Crippen LogP contribution in [0.2, 0.25) is 0 Å². The van der Waals surface area contributed by atoms with E-state index in [1.165, 1.54) is 0 Å². The first-order chi connectivity index (χ1) is 13.2. The van der Waals surface area contributed by atoms with Crippen LogP contribution in [0.25, 0.3) is 0 Å². The molecule has 0 radical (unpaired) electrons. The van der Waals surface area contributed by atoms with Gasteiger partial charge in [-0.3, -0.25) is 4.99 Å². The summed E-state index contributed by atoms with van der Waals surface area (Å²) in [5.41, 5.74) is 0. The molecule has 1 fully saturated rings. The highest BCUT2D eigenvalue weighted by atomic mass is 16.5. The zero-order valence-electron chi connectivity index (χ0n) is 16.7. The van der Waals surface area contributed by atoms with Gasteiger partial charge in [-0.2, -0.15) is 0 Å². The van der Waals surface area contributed by atoms with Gasteiger partial charge in [-0.1, -0.05) is 6.07 Å². The number of guanidine groups is 1. The first kappa shape index (κ1) is 21.3. The van der Waals surface area contributed by atoms with Crippen molar-refractivity contribution in [2.75, 3.05) is 46.6 Å². The number of rotatable bonds is 11. The summed E-state index contributed by atoms with van der Waals surface area (Å²) in [6.45, 7) is 8.39. The molecule has 7 heteroatoms. The van der Waals surface area contributed by atoms with Gasteiger partial charge in [-0.25, -0.2) is 0 Å². The molecule has 2 unspecified atom stereocenters. The van der Waals surface area contributed by atoms with E-state index >= 15 is 0 Å². The molecule has 0 aromatic heterocycles. The van der Waals surface area contributed by atoms with Crippen LogP contribution in [0.4, 0.5) is 0 Å². The Morgan fingerprint density at radius 1 is 1.37 bits per heavy atom. The minimum Gasteiger partial charge on any atom is -0.497 e. The van der Waals surface area contributed by atoms with E-state index in [4.69, 9.17) is 18.9 Å². The fourth-order valence-electron chi connectivity index (χ4n) is 2.66. The Kier molecular flexibility index (Phi) is 9.79. The predicted octanol–water partition coefficient (Wildman–Crippen LogP) is 2.21. The van der Waals surface area contributed by atoms with E-state index in [1.807, 2.05) is 24.3 Å². The number of benzene rings is 1. The van der Waals surface area contributed by atoms with Crippen LogP contribution in [0.1, 0.15) is 26.7 Å². The van der Waals surface area contributed by atoms with Gasteiger partial charge in [0.15, 0.2) is 5.96 Å². The zero-order chi connectivity index (χ0) is 19.3. The Balaban J connectivity index is 1.67. The van der Waals surface area contributed by atoms with Crippen molar-refractivity contribution in [3.8, 4) is 11.5 Å². The Hall–Kier alpha value is -1.99. The molecule has 2 rings (SSSR count). The maximum atomic E-state index is 5.85. The van der Waals surface area contributed by atoms with Gasteiger partial charge in [0.1, 0.15) is 11.5 Å². The van der Waals surface area contributed by atoms with Crippen LogP contribution in [0, 0.1) is 0 Å². The molecule has 27 heavy (non-hydrogen) atoms. The monoisotopic (exact) mass is 379 g/mol. The highest BCUT2D eigenvalue weighted by Gasteiger charge is 2.17. The lowest BCUT2D eigenvalue weighted by atomic mass is 10.3. The van der Waals surface area contributed by atoms with E-state index < -0.39 is 0 Å². The van der Waals surface area contributed by atoms with E-state index in [2.05, 4.69) is 29.5 Å². The third-order valence-corrected chi connectivity index (χ3v) is 4.08. The maximum Gasteiger partial charge on any atom is 0.191 e. The third-order valence-electron chi connectivity index (χ3n) is 4.08. The van der Waals surface area contributed by atoms with Gasteiger partial charge >= 0.3 is 0 Å². The number of nitrogens with zero attached hydrogens (tertiary/aromatic N) is 1. The number of methoxy groups -OCH3 is 1. The van der Waals surface area contributed by atoms with Crippen LogP contribution in [0.3, 0.4) is 0 Å². The second-order valence-corrected chi connectivity index (χ2v) is 6.51. The lowest BCUT2D eigenvalue weighted by Gasteiger charge is -2.19. The van der Waals surface area contributed by atoms with Gasteiger partial charge < -0.3 is 29.6 Å². The Morgan fingerprint density at radius 2 is 2.22 bits per heavy atom. The largest absolute Gasteiger partial charge is 0.497 e. The molecular weight excluding hydrogens is 346 g/mol. The SMILES string of the molecule is CCNC(=NCCCOc1cccc(OC)c1)NC(C)COC1CCOC1. The smallest absolute Gasteiger partial charge is 0.191 e. The molecule has 0 spiro atoms. The molecule has 2 atom stereocenters. The molecule has 2 N–H and O–H groups in total. The van der Waals surface area contributed by atoms with Gasteiger partial charge in [-0.15, -0.1) is 0 Å². The first-order valence-corrected chi connectivity index (χ1v) is 9.72. The van der Waals surface area contributed by atoms with E-state index in [-0.39, 0.29) is 12.1 Å². The van der Waals surface area contributed by atoms with Crippen molar-refractivity contribution >= 4 is 5.96 Å². The quantitative estimate of drug-likeness (QED) is 0.349. The molecule has 1 saturated heterocycles. The van der Waals surface area contributed by atoms with Crippen LogP contribution >= 0.6 is 0 Å². The standard InChI is InChI=1S/C20H33N3O4/c1-4-21-20(23-16(2)14-27-19-9-12-25-15-19)22-10-6-11-26-18-8-5-7-17(13-18)24-3/h5,7-8,13,16,19H,4,6,9-12,14-15H2,1-3H3,(H2,21,22,23). The normalized spacial score (nSPS) is 18.2. The minimum atomic E-state index is 0.177. The molecule has 0 amide bonds. The zero-order valence-corrected chi connectivity index (χ0v) is 16.7. The second-order valence-electron chi connectivity index (χ2n) is 6.51.